The van der Waals surface area contributed by atoms with Crippen LogP contribution in [0.1, 0.15) is 32.6 Å². The predicted octanol–water partition coefficient (Wildman–Crippen LogP) is 1.83. The van der Waals surface area contributed by atoms with Crippen LogP contribution in [0.4, 0.5) is 0 Å². The average molecular weight is 185 g/mol. The Hall–Kier alpha value is -0.570. The predicted molar refractivity (Wildman–Crippen MR) is 50.9 cm³/mol. The summed E-state index contributed by atoms with van der Waals surface area (Å²) in [5.41, 5.74) is 0. The van der Waals surface area contributed by atoms with Crippen molar-refractivity contribution in [3.8, 4) is 0 Å². The van der Waals surface area contributed by atoms with E-state index in [0.717, 1.165) is 18.8 Å². The van der Waals surface area contributed by atoms with Crippen LogP contribution in [0.15, 0.2) is 0 Å². The van der Waals surface area contributed by atoms with E-state index in [2.05, 4.69) is 6.92 Å². The Labute approximate surface area is 80.0 Å². The van der Waals surface area contributed by atoms with Gasteiger partial charge in [0, 0.05) is 13.0 Å². The lowest BCUT2D eigenvalue weighted by Crippen LogP contribution is -2.33. The van der Waals surface area contributed by atoms with Gasteiger partial charge in [-0.3, -0.25) is 9.63 Å². The molecule has 13 heavy (non-hydrogen) atoms. The molecule has 1 fully saturated rings. The van der Waals surface area contributed by atoms with Gasteiger partial charge in [0.25, 0.3) is 0 Å². The molecule has 1 saturated carbocycles. The second-order valence-corrected chi connectivity index (χ2v) is 3.98. The summed E-state index contributed by atoms with van der Waals surface area (Å²) in [5, 5.41) is 1.35. The molecule has 0 unspecified atom stereocenters. The maximum Gasteiger partial charge on any atom is 0.248 e. The van der Waals surface area contributed by atoms with Gasteiger partial charge < -0.3 is 0 Å². The molecule has 1 aliphatic carbocycles. The molecule has 0 N–H and O–H groups in total. The summed E-state index contributed by atoms with van der Waals surface area (Å²) in [4.78, 5) is 16.5. The summed E-state index contributed by atoms with van der Waals surface area (Å²) in [6.07, 6.45) is 4.39. The van der Waals surface area contributed by atoms with E-state index >= 15 is 0 Å². The maximum atomic E-state index is 11.6. The van der Waals surface area contributed by atoms with E-state index in [1.807, 2.05) is 0 Å². The first-order valence-corrected chi connectivity index (χ1v) is 4.96. The topological polar surface area (TPSA) is 29.5 Å². The van der Waals surface area contributed by atoms with Crippen LogP contribution in [-0.2, 0) is 9.63 Å². The summed E-state index contributed by atoms with van der Waals surface area (Å²) >= 11 is 0. The number of nitrogens with zero attached hydrogens (tertiary/aromatic N) is 1. The first-order valence-electron chi connectivity index (χ1n) is 4.96. The summed E-state index contributed by atoms with van der Waals surface area (Å²) in [5.74, 6) is 1.12. The fourth-order valence-corrected chi connectivity index (χ4v) is 1.85. The number of hydrogen-bond donors (Lipinski definition) is 0. The summed E-state index contributed by atoms with van der Waals surface area (Å²) in [6, 6.07) is 0. The summed E-state index contributed by atoms with van der Waals surface area (Å²) in [6.45, 7) is 2.25. The zero-order chi connectivity index (χ0) is 9.84. The fraction of sp³-hybridized carbons (Fsp3) is 0.900. The van der Waals surface area contributed by atoms with Gasteiger partial charge in [0.1, 0.15) is 0 Å². The Morgan fingerprint density at radius 1 is 1.31 bits per heavy atom. The van der Waals surface area contributed by atoms with Gasteiger partial charge in [-0.1, -0.05) is 6.92 Å². The van der Waals surface area contributed by atoms with E-state index in [-0.39, 0.29) is 11.8 Å². The molecule has 76 valence electrons. The molecule has 0 aromatic heterocycles. The molecule has 3 nitrogen and oxygen atoms in total. The van der Waals surface area contributed by atoms with Crippen LogP contribution in [-0.4, -0.2) is 25.1 Å². The smallest absolute Gasteiger partial charge is 0.248 e. The van der Waals surface area contributed by atoms with Crippen molar-refractivity contribution in [1.82, 2.24) is 5.06 Å². The molecule has 3 heteroatoms. The highest BCUT2D eigenvalue weighted by Gasteiger charge is 2.26. The summed E-state index contributed by atoms with van der Waals surface area (Å²) in [7, 11) is 3.21. The van der Waals surface area contributed by atoms with Crippen LogP contribution in [0, 0.1) is 11.8 Å². The third-order valence-corrected chi connectivity index (χ3v) is 2.95. The lowest BCUT2D eigenvalue weighted by molar-refractivity contribution is -0.174. The first kappa shape index (κ1) is 10.5. The molecule has 0 spiro atoms. The molecule has 0 aliphatic heterocycles. The van der Waals surface area contributed by atoms with Crippen molar-refractivity contribution in [2.45, 2.75) is 32.6 Å². The third-order valence-electron chi connectivity index (χ3n) is 2.95. The highest BCUT2D eigenvalue weighted by atomic mass is 16.7. The van der Waals surface area contributed by atoms with Gasteiger partial charge in [-0.2, -0.15) is 0 Å². The van der Waals surface area contributed by atoms with E-state index in [1.165, 1.54) is 25.0 Å². The van der Waals surface area contributed by atoms with Crippen LogP contribution in [0.25, 0.3) is 0 Å². The third kappa shape index (κ3) is 2.69. The first-order chi connectivity index (χ1) is 6.15. The van der Waals surface area contributed by atoms with Crippen molar-refractivity contribution in [1.29, 1.82) is 0 Å². The number of carbonyl (C=O) groups excluding carboxylic acids is 1. The second-order valence-electron chi connectivity index (χ2n) is 3.98. The Kier molecular flexibility index (Phi) is 3.72. The quantitative estimate of drug-likeness (QED) is 0.614. The van der Waals surface area contributed by atoms with Crippen molar-refractivity contribution >= 4 is 5.91 Å². The lowest BCUT2D eigenvalue weighted by atomic mass is 9.82. The molecule has 1 rings (SSSR count). The Balaban J connectivity index is 2.40. The fourth-order valence-electron chi connectivity index (χ4n) is 1.85. The van der Waals surface area contributed by atoms with E-state index < -0.39 is 0 Å². The highest BCUT2D eigenvalue weighted by Crippen LogP contribution is 2.29. The monoisotopic (exact) mass is 185 g/mol. The number of hydrogen-bond acceptors (Lipinski definition) is 2. The van der Waals surface area contributed by atoms with Gasteiger partial charge in [0.05, 0.1) is 7.11 Å². The van der Waals surface area contributed by atoms with Gasteiger partial charge in [0.15, 0.2) is 0 Å². The molecule has 0 bridgehead atoms. The molecule has 0 aromatic rings. The number of carbonyl (C=O) groups is 1. The molecule has 0 radical (unpaired) electrons. The van der Waals surface area contributed by atoms with Gasteiger partial charge in [-0.05, 0) is 31.6 Å². The van der Waals surface area contributed by atoms with E-state index in [4.69, 9.17) is 4.84 Å². The Bertz CT molecular complexity index is 174. The Morgan fingerprint density at radius 3 is 2.31 bits per heavy atom. The van der Waals surface area contributed by atoms with E-state index in [9.17, 15) is 4.79 Å². The van der Waals surface area contributed by atoms with Crippen molar-refractivity contribution in [2.75, 3.05) is 14.2 Å². The van der Waals surface area contributed by atoms with E-state index in [1.54, 1.807) is 7.05 Å². The van der Waals surface area contributed by atoms with Gasteiger partial charge in [0.2, 0.25) is 5.91 Å². The molecule has 0 saturated heterocycles. The van der Waals surface area contributed by atoms with Crippen molar-refractivity contribution in [3.05, 3.63) is 0 Å². The molecule has 0 atom stereocenters. The lowest BCUT2D eigenvalue weighted by Gasteiger charge is -2.27. The van der Waals surface area contributed by atoms with Gasteiger partial charge in [-0.15, -0.1) is 0 Å². The van der Waals surface area contributed by atoms with E-state index in [0.29, 0.717) is 0 Å². The molecular weight excluding hydrogens is 166 g/mol. The molecule has 0 heterocycles. The number of rotatable bonds is 2. The minimum Gasteiger partial charge on any atom is -0.275 e. The van der Waals surface area contributed by atoms with Crippen molar-refractivity contribution < 1.29 is 9.63 Å². The average Bonchev–Trinajstić information content (AvgIpc) is 2.17. The van der Waals surface area contributed by atoms with Crippen LogP contribution >= 0.6 is 0 Å². The van der Waals surface area contributed by atoms with Crippen LogP contribution in [0.5, 0.6) is 0 Å². The molecule has 0 aromatic carbocycles. The zero-order valence-corrected chi connectivity index (χ0v) is 8.75. The van der Waals surface area contributed by atoms with Gasteiger partial charge in [-0.25, -0.2) is 5.06 Å². The van der Waals surface area contributed by atoms with Crippen LogP contribution < -0.4 is 0 Å². The standard InChI is InChI=1S/C10H19NO2/c1-8-4-6-9(7-5-8)10(12)11(2)13-3/h8-9H,4-7H2,1-3H3/t8-,9-. The molecule has 1 aliphatic rings. The van der Waals surface area contributed by atoms with Crippen LogP contribution in [0.3, 0.4) is 0 Å². The summed E-state index contributed by atoms with van der Waals surface area (Å²) < 4.78 is 0. The Morgan fingerprint density at radius 2 is 1.85 bits per heavy atom. The zero-order valence-electron chi connectivity index (χ0n) is 8.75. The SMILES string of the molecule is CON(C)C(=O)[C@H]1CC[C@H](C)CC1. The molecular formula is C10H19NO2. The minimum atomic E-state index is 0.134. The maximum absolute atomic E-state index is 11.6. The number of hydroxylamine groups is 2. The van der Waals surface area contributed by atoms with Crippen LogP contribution in [0.2, 0.25) is 0 Å². The second kappa shape index (κ2) is 4.61. The highest BCUT2D eigenvalue weighted by molar-refractivity contribution is 5.77. The molecule has 1 amide bonds. The number of amides is 1. The van der Waals surface area contributed by atoms with Gasteiger partial charge >= 0.3 is 0 Å². The van der Waals surface area contributed by atoms with Crippen molar-refractivity contribution in [2.24, 2.45) is 11.8 Å². The van der Waals surface area contributed by atoms with Crippen molar-refractivity contribution in [3.63, 3.8) is 0 Å². The normalized spacial score (nSPS) is 28.5. The largest absolute Gasteiger partial charge is 0.275 e. The minimum absolute atomic E-state index is 0.134.